The molecule has 0 aliphatic carbocycles. The lowest BCUT2D eigenvalue weighted by atomic mass is 10.2. The average molecular weight is 165 g/mol. The molecule has 0 aromatic heterocycles. The highest BCUT2D eigenvalue weighted by molar-refractivity contribution is 4.90. The highest BCUT2D eigenvalue weighted by atomic mass is 19.3. The standard InChI is InChI=1S/C4H3F6/c5-1-3(7,8)4(9,10)2-6/h1H,2H2. The molecule has 0 fully saturated rings. The van der Waals surface area contributed by atoms with E-state index in [-0.39, 0.29) is 0 Å². The van der Waals surface area contributed by atoms with Gasteiger partial charge in [-0.3, -0.25) is 0 Å². The van der Waals surface area contributed by atoms with Gasteiger partial charge in [-0.1, -0.05) is 0 Å². The van der Waals surface area contributed by atoms with Crippen molar-refractivity contribution < 1.29 is 26.3 Å². The molecule has 0 nitrogen and oxygen atoms in total. The fraction of sp³-hybridized carbons (Fsp3) is 0.750. The summed E-state index contributed by atoms with van der Waals surface area (Å²) in [6.45, 7) is -4.10. The summed E-state index contributed by atoms with van der Waals surface area (Å²) in [5.74, 6) is -9.95. The summed E-state index contributed by atoms with van der Waals surface area (Å²) in [6.07, 6.45) is 0. The van der Waals surface area contributed by atoms with Crippen molar-refractivity contribution in [2.45, 2.75) is 11.8 Å². The lowest BCUT2D eigenvalue weighted by Gasteiger charge is -2.19. The van der Waals surface area contributed by atoms with E-state index in [1.54, 1.807) is 0 Å². The maximum Gasteiger partial charge on any atom is 0.346 e. The van der Waals surface area contributed by atoms with E-state index in [0.717, 1.165) is 0 Å². The van der Waals surface area contributed by atoms with Gasteiger partial charge in [0.15, 0.2) is 6.67 Å². The van der Waals surface area contributed by atoms with Crippen molar-refractivity contribution >= 4 is 0 Å². The van der Waals surface area contributed by atoms with E-state index in [2.05, 4.69) is 0 Å². The summed E-state index contributed by atoms with van der Waals surface area (Å²) in [4.78, 5) is 0. The van der Waals surface area contributed by atoms with Crippen LogP contribution in [0.25, 0.3) is 0 Å². The van der Waals surface area contributed by atoms with E-state index in [1.165, 1.54) is 0 Å². The third-order valence-electron chi connectivity index (χ3n) is 0.793. The van der Waals surface area contributed by atoms with Crippen LogP contribution in [0.4, 0.5) is 26.3 Å². The Kier molecular flexibility index (Phi) is 2.56. The predicted molar refractivity (Wildman–Crippen MR) is 21.3 cm³/mol. The molecular formula is C4H3F6. The Morgan fingerprint density at radius 3 is 1.60 bits per heavy atom. The van der Waals surface area contributed by atoms with Crippen LogP contribution in [0.5, 0.6) is 0 Å². The molecule has 0 unspecified atom stereocenters. The minimum atomic E-state index is -5.01. The van der Waals surface area contributed by atoms with E-state index in [9.17, 15) is 26.3 Å². The van der Waals surface area contributed by atoms with Crippen molar-refractivity contribution in [1.82, 2.24) is 0 Å². The maximum absolute atomic E-state index is 11.5. The summed E-state index contributed by atoms with van der Waals surface area (Å²) in [7, 11) is 0. The number of hydrogen-bond donors (Lipinski definition) is 0. The Bertz CT molecular complexity index is 94.3. The highest BCUT2D eigenvalue weighted by Crippen LogP contribution is 2.36. The van der Waals surface area contributed by atoms with Crippen molar-refractivity contribution in [3.8, 4) is 0 Å². The van der Waals surface area contributed by atoms with Crippen LogP contribution in [-0.4, -0.2) is 18.5 Å². The van der Waals surface area contributed by atoms with E-state index in [1.807, 2.05) is 0 Å². The summed E-state index contributed by atoms with van der Waals surface area (Å²) >= 11 is 0. The smallest absolute Gasteiger partial charge is 0.244 e. The maximum atomic E-state index is 11.5. The molecule has 6 heteroatoms. The van der Waals surface area contributed by atoms with Gasteiger partial charge in [-0.25, -0.2) is 8.78 Å². The predicted octanol–water partition coefficient (Wildman–Crippen LogP) is 2.36. The van der Waals surface area contributed by atoms with Crippen LogP contribution in [0.3, 0.4) is 0 Å². The van der Waals surface area contributed by atoms with Crippen molar-refractivity contribution in [3.05, 3.63) is 6.67 Å². The minimum Gasteiger partial charge on any atom is -0.244 e. The Morgan fingerprint density at radius 1 is 1.10 bits per heavy atom. The normalized spacial score (nSPS) is 13.8. The second kappa shape index (κ2) is 2.67. The Hall–Kier alpha value is -0.420. The molecule has 0 aromatic rings. The zero-order valence-corrected chi connectivity index (χ0v) is 4.55. The Morgan fingerprint density at radius 2 is 1.50 bits per heavy atom. The number of hydrogen-bond acceptors (Lipinski definition) is 0. The highest BCUT2D eigenvalue weighted by Gasteiger charge is 2.57. The van der Waals surface area contributed by atoms with Crippen molar-refractivity contribution in [3.63, 3.8) is 0 Å². The van der Waals surface area contributed by atoms with Gasteiger partial charge >= 0.3 is 11.8 Å². The minimum absolute atomic E-state index is 1.52. The molecule has 0 amide bonds. The monoisotopic (exact) mass is 165 g/mol. The van der Waals surface area contributed by atoms with Crippen LogP contribution in [0.2, 0.25) is 0 Å². The van der Waals surface area contributed by atoms with Gasteiger partial charge in [-0.2, -0.15) is 17.6 Å². The van der Waals surface area contributed by atoms with Crippen LogP contribution < -0.4 is 0 Å². The topological polar surface area (TPSA) is 0 Å². The van der Waals surface area contributed by atoms with E-state index in [0.29, 0.717) is 0 Å². The molecule has 0 atom stereocenters. The molecule has 0 rings (SSSR count). The summed E-state index contributed by atoms with van der Waals surface area (Å²) in [5.41, 5.74) is 0. The van der Waals surface area contributed by atoms with E-state index in [4.69, 9.17) is 0 Å². The second-order valence-corrected chi connectivity index (χ2v) is 1.57. The van der Waals surface area contributed by atoms with Gasteiger partial charge in [-0.05, 0) is 0 Å². The first-order valence-corrected chi connectivity index (χ1v) is 2.13. The molecule has 0 bridgehead atoms. The Balaban J connectivity index is 4.28. The van der Waals surface area contributed by atoms with Crippen molar-refractivity contribution in [1.29, 1.82) is 0 Å². The molecule has 0 aliphatic rings. The first kappa shape index (κ1) is 9.58. The third-order valence-corrected chi connectivity index (χ3v) is 0.793. The van der Waals surface area contributed by atoms with Gasteiger partial charge in [0.2, 0.25) is 6.67 Å². The summed E-state index contributed by atoms with van der Waals surface area (Å²) in [5, 5.41) is 0. The zero-order chi connectivity index (χ0) is 8.41. The zero-order valence-electron chi connectivity index (χ0n) is 4.55. The van der Waals surface area contributed by atoms with Gasteiger partial charge in [0.05, 0.1) is 0 Å². The van der Waals surface area contributed by atoms with E-state index < -0.39 is 25.2 Å². The molecule has 0 saturated carbocycles. The quantitative estimate of drug-likeness (QED) is 0.563. The molecule has 10 heavy (non-hydrogen) atoms. The van der Waals surface area contributed by atoms with Crippen LogP contribution in [0.1, 0.15) is 0 Å². The largest absolute Gasteiger partial charge is 0.346 e. The van der Waals surface area contributed by atoms with Gasteiger partial charge < -0.3 is 0 Å². The second-order valence-electron chi connectivity index (χ2n) is 1.57. The molecule has 0 heterocycles. The SMILES string of the molecule is F[CH]C(F)(F)C(F)(F)CF. The molecular weight excluding hydrogens is 162 g/mol. The van der Waals surface area contributed by atoms with Gasteiger partial charge in [-0.15, -0.1) is 0 Å². The van der Waals surface area contributed by atoms with Gasteiger partial charge in [0, 0.05) is 0 Å². The lowest BCUT2D eigenvalue weighted by molar-refractivity contribution is -0.205. The van der Waals surface area contributed by atoms with Crippen LogP contribution in [-0.2, 0) is 0 Å². The van der Waals surface area contributed by atoms with Gasteiger partial charge in [0.25, 0.3) is 0 Å². The fourth-order valence-electron chi connectivity index (χ4n) is 0.169. The first-order valence-electron chi connectivity index (χ1n) is 2.13. The third kappa shape index (κ3) is 1.54. The van der Waals surface area contributed by atoms with E-state index >= 15 is 0 Å². The molecule has 0 spiro atoms. The van der Waals surface area contributed by atoms with Crippen molar-refractivity contribution in [2.75, 3.05) is 6.67 Å². The average Bonchev–Trinajstić information content (AvgIpc) is 1.88. The number of alkyl halides is 5. The molecule has 0 N–H and O–H groups in total. The lowest BCUT2D eigenvalue weighted by Crippen LogP contribution is -2.41. The summed E-state index contributed by atoms with van der Waals surface area (Å²) < 4.78 is 68.1. The first-order chi connectivity index (χ1) is 4.37. The van der Waals surface area contributed by atoms with Gasteiger partial charge in [0.1, 0.15) is 0 Å². The Labute approximate surface area is 52.8 Å². The summed E-state index contributed by atoms with van der Waals surface area (Å²) in [6, 6.07) is 0. The van der Waals surface area contributed by atoms with Crippen LogP contribution >= 0.6 is 0 Å². The van der Waals surface area contributed by atoms with Crippen LogP contribution in [0, 0.1) is 6.67 Å². The fourth-order valence-corrected chi connectivity index (χ4v) is 0.169. The molecule has 61 valence electrons. The molecule has 0 saturated heterocycles. The number of halogens is 6. The molecule has 1 radical (unpaired) electrons. The van der Waals surface area contributed by atoms with Crippen molar-refractivity contribution in [2.24, 2.45) is 0 Å². The molecule has 0 aromatic carbocycles. The molecule has 0 aliphatic heterocycles. The number of rotatable bonds is 3. The van der Waals surface area contributed by atoms with Crippen LogP contribution in [0.15, 0.2) is 0 Å².